The fourth-order valence-corrected chi connectivity index (χ4v) is 2.49. The Morgan fingerprint density at radius 1 is 0.929 bits per heavy atom. The number of carbonyl (C=O) groups excluding carboxylic acids is 2. The average Bonchev–Trinajstić information content (AvgIpc) is 2.70. The minimum absolute atomic E-state index is 0.150. The lowest BCUT2D eigenvalue weighted by Crippen LogP contribution is -2.33. The summed E-state index contributed by atoms with van der Waals surface area (Å²) in [6.07, 6.45) is 2.44. The van der Waals surface area contributed by atoms with Crippen LogP contribution in [-0.2, 0) is 4.79 Å². The molecule has 148 valence electrons. The summed E-state index contributed by atoms with van der Waals surface area (Å²) in [6.45, 7) is 4.54. The third-order valence-electron chi connectivity index (χ3n) is 3.86. The van der Waals surface area contributed by atoms with Crippen molar-refractivity contribution in [2.75, 3.05) is 17.2 Å². The van der Waals surface area contributed by atoms with E-state index in [2.05, 4.69) is 22.9 Å². The van der Waals surface area contributed by atoms with E-state index in [1.807, 2.05) is 0 Å². The summed E-state index contributed by atoms with van der Waals surface area (Å²) in [5.41, 5.74) is 1.92. The fourth-order valence-electron chi connectivity index (χ4n) is 2.25. The average molecular weight is 400 g/mol. The number of anilines is 2. The molecule has 0 aromatic heterocycles. The van der Waals surface area contributed by atoms with Gasteiger partial charge in [-0.1, -0.05) is 20.3 Å². The van der Waals surface area contributed by atoms with E-state index in [1.165, 1.54) is 0 Å². The Labute approximate surface area is 170 Å². The molecule has 7 heteroatoms. The zero-order chi connectivity index (χ0) is 20.4. The van der Waals surface area contributed by atoms with E-state index in [1.54, 1.807) is 55.5 Å². The number of hydrogen-bond acceptors (Lipinski definition) is 4. The van der Waals surface area contributed by atoms with Gasteiger partial charge in [0.25, 0.3) is 5.91 Å². The summed E-state index contributed by atoms with van der Waals surface area (Å²) in [5.74, 6) is 0.404. The van der Waals surface area contributed by atoms with Gasteiger partial charge in [0.1, 0.15) is 5.75 Å². The van der Waals surface area contributed by atoms with E-state index >= 15 is 0 Å². The summed E-state index contributed by atoms with van der Waals surface area (Å²) in [4.78, 5) is 23.7. The van der Waals surface area contributed by atoms with Crippen molar-refractivity contribution >= 4 is 40.5 Å². The number of hydrogen-bond donors (Lipinski definition) is 3. The molecule has 6 nitrogen and oxygen atoms in total. The van der Waals surface area contributed by atoms with Crippen molar-refractivity contribution in [1.82, 2.24) is 5.32 Å². The number of ether oxygens (including phenoxy) is 1. The summed E-state index contributed by atoms with van der Waals surface area (Å²) < 4.78 is 5.60. The van der Waals surface area contributed by atoms with Crippen molar-refractivity contribution < 1.29 is 14.3 Å². The van der Waals surface area contributed by atoms with Gasteiger partial charge in [-0.2, -0.15) is 0 Å². The van der Waals surface area contributed by atoms with E-state index in [-0.39, 0.29) is 16.9 Å². The van der Waals surface area contributed by atoms with Crippen molar-refractivity contribution in [3.8, 4) is 5.75 Å². The normalized spacial score (nSPS) is 10.1. The third-order valence-corrected chi connectivity index (χ3v) is 4.06. The zero-order valence-corrected chi connectivity index (χ0v) is 16.9. The number of unbranched alkanes of at least 4 members (excludes halogenated alkanes) is 1. The van der Waals surface area contributed by atoms with Gasteiger partial charge in [-0.3, -0.25) is 9.59 Å². The zero-order valence-electron chi connectivity index (χ0n) is 16.1. The molecule has 0 bridgehead atoms. The molecule has 0 radical (unpaired) electrons. The van der Waals surface area contributed by atoms with Crippen LogP contribution in [0.4, 0.5) is 11.4 Å². The van der Waals surface area contributed by atoms with Gasteiger partial charge in [-0.25, -0.2) is 0 Å². The Hall–Kier alpha value is -2.93. The molecule has 2 amide bonds. The minimum Gasteiger partial charge on any atom is -0.494 e. The lowest BCUT2D eigenvalue weighted by atomic mass is 10.2. The van der Waals surface area contributed by atoms with Crippen LogP contribution in [0.2, 0.25) is 0 Å². The molecule has 0 unspecified atom stereocenters. The van der Waals surface area contributed by atoms with Crippen LogP contribution in [0.25, 0.3) is 0 Å². The maximum Gasteiger partial charge on any atom is 0.255 e. The molecule has 2 aromatic carbocycles. The first-order valence-electron chi connectivity index (χ1n) is 9.27. The van der Waals surface area contributed by atoms with Gasteiger partial charge in [0, 0.05) is 23.4 Å². The molecule has 0 atom stereocenters. The molecule has 0 aliphatic heterocycles. The maximum atomic E-state index is 12.4. The molecule has 0 spiro atoms. The largest absolute Gasteiger partial charge is 0.494 e. The lowest BCUT2D eigenvalue weighted by Gasteiger charge is -2.10. The van der Waals surface area contributed by atoms with Crippen LogP contribution in [-0.4, -0.2) is 23.5 Å². The van der Waals surface area contributed by atoms with Gasteiger partial charge in [0.05, 0.1) is 6.61 Å². The number of rotatable bonds is 8. The molecule has 0 heterocycles. The molecule has 0 fully saturated rings. The monoisotopic (exact) mass is 399 g/mol. The van der Waals surface area contributed by atoms with Crippen LogP contribution in [0, 0.1) is 0 Å². The Bertz CT molecular complexity index is 805. The number of thiocarbonyl (C=S) groups is 1. The van der Waals surface area contributed by atoms with Gasteiger partial charge in [-0.15, -0.1) is 0 Å². The first-order chi connectivity index (χ1) is 13.5. The van der Waals surface area contributed by atoms with Crippen molar-refractivity contribution in [2.45, 2.75) is 33.1 Å². The van der Waals surface area contributed by atoms with Crippen LogP contribution < -0.4 is 20.7 Å². The fraction of sp³-hybridized carbons (Fsp3) is 0.286. The van der Waals surface area contributed by atoms with E-state index < -0.39 is 0 Å². The molecule has 2 aromatic rings. The highest BCUT2D eigenvalue weighted by atomic mass is 32.1. The quantitative estimate of drug-likeness (QED) is 0.454. The second-order valence-electron chi connectivity index (χ2n) is 6.11. The SMILES string of the molecule is CCCCOc1ccc(C(=O)Nc2ccc(NC(=S)NC(=O)CC)cc2)cc1. The summed E-state index contributed by atoms with van der Waals surface area (Å²) in [5, 5.41) is 8.57. The van der Waals surface area contributed by atoms with Crippen LogP contribution in [0.5, 0.6) is 5.75 Å². The Morgan fingerprint density at radius 2 is 1.54 bits per heavy atom. The summed E-state index contributed by atoms with van der Waals surface area (Å²) in [6, 6.07) is 14.1. The highest BCUT2D eigenvalue weighted by Gasteiger charge is 2.07. The topological polar surface area (TPSA) is 79.5 Å². The lowest BCUT2D eigenvalue weighted by molar-refractivity contribution is -0.119. The first kappa shape index (κ1) is 21.4. The highest BCUT2D eigenvalue weighted by molar-refractivity contribution is 7.80. The second-order valence-corrected chi connectivity index (χ2v) is 6.52. The van der Waals surface area contributed by atoms with Gasteiger partial charge >= 0.3 is 0 Å². The molecule has 28 heavy (non-hydrogen) atoms. The second kappa shape index (κ2) is 11.0. The summed E-state index contributed by atoms with van der Waals surface area (Å²) >= 11 is 5.07. The van der Waals surface area contributed by atoms with Crippen LogP contribution in [0.1, 0.15) is 43.5 Å². The number of nitrogens with one attached hydrogen (secondary N) is 3. The van der Waals surface area contributed by atoms with Crippen molar-refractivity contribution in [1.29, 1.82) is 0 Å². The smallest absolute Gasteiger partial charge is 0.255 e. The van der Waals surface area contributed by atoms with Gasteiger partial charge in [0.2, 0.25) is 5.91 Å². The van der Waals surface area contributed by atoms with Crippen LogP contribution in [0.15, 0.2) is 48.5 Å². The minimum atomic E-state index is -0.202. The third kappa shape index (κ3) is 7.00. The van der Waals surface area contributed by atoms with E-state index in [4.69, 9.17) is 17.0 Å². The maximum absolute atomic E-state index is 12.4. The van der Waals surface area contributed by atoms with Crippen LogP contribution >= 0.6 is 12.2 Å². The highest BCUT2D eigenvalue weighted by Crippen LogP contribution is 2.17. The summed E-state index contributed by atoms with van der Waals surface area (Å²) in [7, 11) is 0. The van der Waals surface area contributed by atoms with E-state index in [0.717, 1.165) is 18.6 Å². The Kier molecular flexibility index (Phi) is 8.42. The number of amides is 2. The molecule has 3 N–H and O–H groups in total. The van der Waals surface area contributed by atoms with Crippen LogP contribution in [0.3, 0.4) is 0 Å². The predicted octanol–water partition coefficient (Wildman–Crippen LogP) is 4.34. The van der Waals surface area contributed by atoms with Crippen molar-refractivity contribution in [3.05, 3.63) is 54.1 Å². The predicted molar refractivity (Wildman–Crippen MR) is 116 cm³/mol. The number of carbonyl (C=O) groups is 2. The van der Waals surface area contributed by atoms with Gasteiger partial charge in [0.15, 0.2) is 5.11 Å². The molecule has 0 saturated heterocycles. The van der Waals surface area contributed by atoms with Crippen molar-refractivity contribution in [3.63, 3.8) is 0 Å². The van der Waals surface area contributed by atoms with Gasteiger partial charge < -0.3 is 20.7 Å². The molecular formula is C21H25N3O3S. The van der Waals surface area contributed by atoms with E-state index in [9.17, 15) is 9.59 Å². The molecular weight excluding hydrogens is 374 g/mol. The van der Waals surface area contributed by atoms with E-state index in [0.29, 0.717) is 30.0 Å². The first-order valence-corrected chi connectivity index (χ1v) is 9.67. The molecule has 2 rings (SSSR count). The molecule has 0 aliphatic carbocycles. The Balaban J connectivity index is 1.88. The molecule has 0 saturated carbocycles. The Morgan fingerprint density at radius 3 is 2.11 bits per heavy atom. The van der Waals surface area contributed by atoms with Crippen molar-refractivity contribution in [2.24, 2.45) is 0 Å². The molecule has 0 aliphatic rings. The number of benzene rings is 2. The van der Waals surface area contributed by atoms with Gasteiger partial charge in [-0.05, 0) is 67.2 Å². The standard InChI is InChI=1S/C21H25N3O3S/c1-3-5-14-27-18-12-6-15(7-13-18)20(26)22-16-8-10-17(11-9-16)23-21(28)24-19(25)4-2/h6-13H,3-5,14H2,1-2H3,(H,22,26)(H2,23,24,25,28).